The van der Waals surface area contributed by atoms with Gasteiger partial charge in [0.15, 0.2) is 23.0 Å². The highest BCUT2D eigenvalue weighted by atomic mass is 16.5. The molecule has 2 rings (SSSR count). The maximum atomic E-state index is 12.5. The van der Waals surface area contributed by atoms with Crippen LogP contribution in [0.1, 0.15) is 13.8 Å². The molecule has 158 valence electrons. The Bertz CT molecular complexity index is 950. The monoisotopic (exact) mass is 411 g/mol. The topological polar surface area (TPSA) is 102 Å². The molecule has 1 amide bonds. The SMILES string of the molecule is CCOc1ccc(N/C=C(/C#N)C(=O)Nc2ccc(OC)c(OC)c2)cc1OCC. The highest BCUT2D eigenvalue weighted by Gasteiger charge is 2.12. The first-order valence-corrected chi connectivity index (χ1v) is 9.36. The Hall–Kier alpha value is -3.86. The van der Waals surface area contributed by atoms with E-state index in [-0.39, 0.29) is 5.57 Å². The maximum Gasteiger partial charge on any atom is 0.267 e. The Morgan fingerprint density at radius 1 is 0.933 bits per heavy atom. The van der Waals surface area contributed by atoms with Crippen LogP contribution in [-0.4, -0.2) is 33.3 Å². The third kappa shape index (κ3) is 5.82. The number of hydrogen-bond donors (Lipinski definition) is 2. The van der Waals surface area contributed by atoms with Crippen LogP contribution < -0.4 is 29.6 Å². The molecule has 0 heterocycles. The van der Waals surface area contributed by atoms with Crippen molar-refractivity contribution in [3.63, 3.8) is 0 Å². The minimum atomic E-state index is -0.562. The number of nitrogens with zero attached hydrogens (tertiary/aromatic N) is 1. The zero-order valence-electron chi connectivity index (χ0n) is 17.4. The number of nitriles is 1. The van der Waals surface area contributed by atoms with E-state index in [0.717, 1.165) is 0 Å². The van der Waals surface area contributed by atoms with Gasteiger partial charge < -0.3 is 29.6 Å². The van der Waals surface area contributed by atoms with Crippen LogP contribution in [0, 0.1) is 11.3 Å². The van der Waals surface area contributed by atoms with E-state index in [9.17, 15) is 10.1 Å². The van der Waals surface area contributed by atoms with Gasteiger partial charge >= 0.3 is 0 Å². The number of amides is 1. The fourth-order valence-electron chi connectivity index (χ4n) is 2.56. The van der Waals surface area contributed by atoms with Crippen molar-refractivity contribution < 1.29 is 23.7 Å². The molecule has 0 unspecified atom stereocenters. The van der Waals surface area contributed by atoms with Gasteiger partial charge in [-0.25, -0.2) is 0 Å². The summed E-state index contributed by atoms with van der Waals surface area (Å²) in [5.41, 5.74) is 1.02. The second kappa shape index (κ2) is 11.2. The first kappa shape index (κ1) is 22.4. The van der Waals surface area contributed by atoms with Gasteiger partial charge in [0, 0.05) is 29.7 Å². The highest BCUT2D eigenvalue weighted by Crippen LogP contribution is 2.31. The van der Waals surface area contributed by atoms with Gasteiger partial charge in [-0.15, -0.1) is 0 Å². The first-order chi connectivity index (χ1) is 14.6. The van der Waals surface area contributed by atoms with Gasteiger partial charge in [0.2, 0.25) is 0 Å². The number of benzene rings is 2. The Labute approximate surface area is 176 Å². The van der Waals surface area contributed by atoms with Gasteiger partial charge in [-0.2, -0.15) is 5.26 Å². The van der Waals surface area contributed by atoms with Crippen LogP contribution >= 0.6 is 0 Å². The summed E-state index contributed by atoms with van der Waals surface area (Å²) in [6.45, 7) is 4.76. The van der Waals surface area contributed by atoms with Gasteiger partial charge in [-0.05, 0) is 38.1 Å². The fourth-order valence-corrected chi connectivity index (χ4v) is 2.56. The number of ether oxygens (including phenoxy) is 4. The standard InChI is InChI=1S/C22H25N3O5/c1-5-29-19-10-7-16(11-21(19)30-6-2)24-14-15(13-23)22(26)25-17-8-9-18(27-3)20(12-17)28-4/h7-12,14,24H,5-6H2,1-4H3,(H,25,26)/b15-14-. The van der Waals surface area contributed by atoms with Crippen LogP contribution in [0.5, 0.6) is 23.0 Å². The van der Waals surface area contributed by atoms with E-state index in [0.29, 0.717) is 47.6 Å². The van der Waals surface area contributed by atoms with E-state index in [1.54, 1.807) is 36.4 Å². The zero-order valence-corrected chi connectivity index (χ0v) is 17.4. The molecule has 0 atom stereocenters. The number of methoxy groups -OCH3 is 2. The molecule has 0 radical (unpaired) electrons. The Balaban J connectivity index is 2.14. The molecule has 2 aromatic carbocycles. The van der Waals surface area contributed by atoms with E-state index in [1.165, 1.54) is 20.4 Å². The van der Waals surface area contributed by atoms with Gasteiger partial charge in [-0.3, -0.25) is 4.79 Å². The molecule has 0 saturated carbocycles. The molecular formula is C22H25N3O5. The minimum absolute atomic E-state index is 0.100. The molecule has 8 nitrogen and oxygen atoms in total. The molecule has 0 aliphatic rings. The van der Waals surface area contributed by atoms with Gasteiger partial charge in [0.05, 0.1) is 27.4 Å². The fraction of sp³-hybridized carbons (Fsp3) is 0.273. The van der Waals surface area contributed by atoms with E-state index >= 15 is 0 Å². The smallest absolute Gasteiger partial charge is 0.267 e. The predicted molar refractivity (Wildman–Crippen MR) is 114 cm³/mol. The first-order valence-electron chi connectivity index (χ1n) is 9.36. The average Bonchev–Trinajstić information content (AvgIpc) is 2.76. The van der Waals surface area contributed by atoms with Crippen LogP contribution in [0.2, 0.25) is 0 Å². The number of carbonyl (C=O) groups is 1. The quantitative estimate of drug-likeness (QED) is 0.451. The van der Waals surface area contributed by atoms with Crippen LogP contribution in [0.15, 0.2) is 48.2 Å². The van der Waals surface area contributed by atoms with Crippen molar-refractivity contribution in [2.75, 3.05) is 38.1 Å². The van der Waals surface area contributed by atoms with Crippen molar-refractivity contribution in [1.29, 1.82) is 5.26 Å². The molecule has 0 fully saturated rings. The van der Waals surface area contributed by atoms with Crippen LogP contribution in [0.25, 0.3) is 0 Å². The van der Waals surface area contributed by atoms with Crippen LogP contribution in [0.4, 0.5) is 11.4 Å². The van der Waals surface area contributed by atoms with E-state index in [4.69, 9.17) is 18.9 Å². The number of anilines is 2. The molecule has 2 N–H and O–H groups in total. The summed E-state index contributed by atoms with van der Waals surface area (Å²) in [5.74, 6) is 1.64. The average molecular weight is 411 g/mol. The maximum absolute atomic E-state index is 12.5. The lowest BCUT2D eigenvalue weighted by Crippen LogP contribution is -2.14. The van der Waals surface area contributed by atoms with Gasteiger partial charge in [0.1, 0.15) is 11.6 Å². The molecule has 2 aromatic rings. The van der Waals surface area contributed by atoms with Crippen molar-refractivity contribution >= 4 is 17.3 Å². The van der Waals surface area contributed by atoms with E-state index in [1.807, 2.05) is 19.9 Å². The lowest BCUT2D eigenvalue weighted by atomic mass is 10.2. The van der Waals surface area contributed by atoms with Crippen molar-refractivity contribution in [3.05, 3.63) is 48.2 Å². The molecular weight excluding hydrogens is 386 g/mol. The highest BCUT2D eigenvalue weighted by molar-refractivity contribution is 6.06. The molecule has 8 heteroatoms. The Morgan fingerprint density at radius 3 is 2.17 bits per heavy atom. The van der Waals surface area contributed by atoms with Crippen LogP contribution in [0.3, 0.4) is 0 Å². The third-order valence-electron chi connectivity index (χ3n) is 3.93. The summed E-state index contributed by atoms with van der Waals surface area (Å²) < 4.78 is 21.5. The number of nitrogens with one attached hydrogen (secondary N) is 2. The number of rotatable bonds is 10. The van der Waals surface area contributed by atoms with Gasteiger partial charge in [-0.1, -0.05) is 0 Å². The summed E-state index contributed by atoms with van der Waals surface area (Å²) in [7, 11) is 3.03. The van der Waals surface area contributed by atoms with Crippen molar-refractivity contribution in [2.45, 2.75) is 13.8 Å². The normalized spacial score (nSPS) is 10.6. The van der Waals surface area contributed by atoms with Crippen molar-refractivity contribution in [1.82, 2.24) is 0 Å². The van der Waals surface area contributed by atoms with Crippen molar-refractivity contribution in [3.8, 4) is 29.1 Å². The second-order valence-electron chi connectivity index (χ2n) is 5.87. The molecule has 0 bridgehead atoms. The summed E-state index contributed by atoms with van der Waals surface area (Å²) in [5, 5.41) is 15.0. The minimum Gasteiger partial charge on any atom is -0.493 e. The molecule has 0 aliphatic carbocycles. The summed E-state index contributed by atoms with van der Waals surface area (Å²) in [6, 6.07) is 12.1. The summed E-state index contributed by atoms with van der Waals surface area (Å²) in [4.78, 5) is 12.5. The lowest BCUT2D eigenvalue weighted by molar-refractivity contribution is -0.112. The predicted octanol–water partition coefficient (Wildman–Crippen LogP) is 3.96. The second-order valence-corrected chi connectivity index (χ2v) is 5.87. The van der Waals surface area contributed by atoms with E-state index in [2.05, 4.69) is 10.6 Å². The molecule has 30 heavy (non-hydrogen) atoms. The number of carbonyl (C=O) groups excluding carboxylic acids is 1. The summed E-state index contributed by atoms with van der Waals surface area (Å²) in [6.07, 6.45) is 1.33. The molecule has 0 aliphatic heterocycles. The molecule has 0 saturated heterocycles. The van der Waals surface area contributed by atoms with Crippen LogP contribution in [-0.2, 0) is 4.79 Å². The van der Waals surface area contributed by atoms with Crippen molar-refractivity contribution in [2.24, 2.45) is 0 Å². The van der Waals surface area contributed by atoms with Gasteiger partial charge in [0.25, 0.3) is 5.91 Å². The molecule has 0 aromatic heterocycles. The number of hydrogen-bond acceptors (Lipinski definition) is 7. The molecule has 0 spiro atoms. The third-order valence-corrected chi connectivity index (χ3v) is 3.93. The largest absolute Gasteiger partial charge is 0.493 e. The lowest BCUT2D eigenvalue weighted by Gasteiger charge is -2.12. The zero-order chi connectivity index (χ0) is 21.9. The Morgan fingerprint density at radius 2 is 1.53 bits per heavy atom. The summed E-state index contributed by atoms with van der Waals surface area (Å²) >= 11 is 0. The van der Waals surface area contributed by atoms with E-state index < -0.39 is 5.91 Å². The Kier molecular flexibility index (Phi) is 8.39.